The number of fused-ring (bicyclic) bond motifs is 1. The molecule has 0 aliphatic heterocycles. The molecule has 4 heteroatoms. The average Bonchev–Trinajstić information content (AvgIpc) is 2.26. The van der Waals surface area contributed by atoms with Crippen LogP contribution in [0.3, 0.4) is 0 Å². The summed E-state index contributed by atoms with van der Waals surface area (Å²) < 4.78 is 5.75. The lowest BCUT2D eigenvalue weighted by Crippen LogP contribution is -2.23. The number of aromatic carboxylic acids is 1. The molecule has 0 fully saturated rings. The third-order valence-corrected chi connectivity index (χ3v) is 2.40. The first-order valence-corrected chi connectivity index (χ1v) is 5.68. The minimum atomic E-state index is -0.950. The Kier molecular flexibility index (Phi) is 2.95. The van der Waals surface area contributed by atoms with Gasteiger partial charge in [0.25, 0.3) is 0 Å². The summed E-state index contributed by atoms with van der Waals surface area (Å²) in [6, 6.07) is 6.78. The minimum absolute atomic E-state index is 0.258. The Morgan fingerprint density at radius 3 is 2.56 bits per heavy atom. The highest BCUT2D eigenvalue weighted by Crippen LogP contribution is 2.28. The van der Waals surface area contributed by atoms with Gasteiger partial charge in [0.1, 0.15) is 5.60 Å². The van der Waals surface area contributed by atoms with Crippen molar-refractivity contribution in [2.75, 3.05) is 0 Å². The molecule has 1 aromatic carbocycles. The lowest BCUT2D eigenvalue weighted by atomic mass is 10.1. The molecule has 18 heavy (non-hydrogen) atoms. The molecule has 2 rings (SSSR count). The molecule has 0 saturated heterocycles. The van der Waals surface area contributed by atoms with Crippen molar-refractivity contribution in [1.82, 2.24) is 4.98 Å². The Hall–Kier alpha value is -2.10. The monoisotopic (exact) mass is 245 g/mol. The van der Waals surface area contributed by atoms with E-state index in [2.05, 4.69) is 4.98 Å². The Morgan fingerprint density at radius 2 is 1.94 bits per heavy atom. The Bertz CT molecular complexity index is 600. The summed E-state index contributed by atoms with van der Waals surface area (Å²) in [5, 5.41) is 10.5. The van der Waals surface area contributed by atoms with Gasteiger partial charge in [-0.25, -0.2) is 9.78 Å². The maximum absolute atomic E-state index is 11.2. The van der Waals surface area contributed by atoms with Crippen LogP contribution in [-0.2, 0) is 0 Å². The summed E-state index contributed by atoms with van der Waals surface area (Å²) in [5.41, 5.74) is -0.116. The molecule has 0 bridgehead atoms. The number of rotatable bonds is 2. The van der Waals surface area contributed by atoms with E-state index >= 15 is 0 Å². The van der Waals surface area contributed by atoms with Crippen LogP contribution in [0.4, 0.5) is 0 Å². The molecule has 0 amide bonds. The number of aromatic nitrogens is 1. The second-order valence-electron chi connectivity index (χ2n) is 5.04. The zero-order chi connectivity index (χ0) is 13.3. The zero-order valence-corrected chi connectivity index (χ0v) is 10.6. The number of carbonyl (C=O) groups is 1. The molecule has 1 N–H and O–H groups in total. The molecule has 0 aliphatic carbocycles. The maximum Gasteiger partial charge on any atom is 0.336 e. The first kappa shape index (κ1) is 12.4. The van der Waals surface area contributed by atoms with Crippen molar-refractivity contribution < 1.29 is 14.6 Å². The van der Waals surface area contributed by atoms with E-state index in [0.29, 0.717) is 16.7 Å². The van der Waals surface area contributed by atoms with E-state index in [1.54, 1.807) is 24.4 Å². The summed E-state index contributed by atoms with van der Waals surface area (Å²) in [5.74, 6) is -0.489. The van der Waals surface area contributed by atoms with E-state index in [9.17, 15) is 4.79 Å². The summed E-state index contributed by atoms with van der Waals surface area (Å²) in [6.45, 7) is 5.78. The average molecular weight is 245 g/mol. The summed E-state index contributed by atoms with van der Waals surface area (Å²) >= 11 is 0. The summed E-state index contributed by atoms with van der Waals surface area (Å²) in [7, 11) is 0. The van der Waals surface area contributed by atoms with Crippen molar-refractivity contribution in [3.8, 4) is 5.88 Å². The van der Waals surface area contributed by atoms with Crippen molar-refractivity contribution in [3.63, 3.8) is 0 Å². The molecule has 0 aliphatic rings. The highest BCUT2D eigenvalue weighted by atomic mass is 16.5. The molecule has 0 spiro atoms. The van der Waals surface area contributed by atoms with Gasteiger partial charge in [0.15, 0.2) is 0 Å². The second-order valence-corrected chi connectivity index (χ2v) is 5.04. The third kappa shape index (κ3) is 2.42. The molecule has 4 nitrogen and oxygen atoms in total. The number of nitrogens with zero attached hydrogens (tertiary/aromatic N) is 1. The zero-order valence-electron chi connectivity index (χ0n) is 10.6. The van der Waals surface area contributed by atoms with Crippen LogP contribution in [0.25, 0.3) is 10.8 Å². The first-order valence-electron chi connectivity index (χ1n) is 5.68. The second kappa shape index (κ2) is 4.29. The SMILES string of the molecule is CC(C)(C)Oc1nccc2c(C(=O)O)cccc12. The molecule has 1 aromatic heterocycles. The number of ether oxygens (including phenoxy) is 1. The molecule has 0 saturated carbocycles. The van der Waals surface area contributed by atoms with Crippen LogP contribution in [0.5, 0.6) is 5.88 Å². The molecule has 94 valence electrons. The Labute approximate surface area is 105 Å². The normalized spacial score (nSPS) is 11.5. The van der Waals surface area contributed by atoms with Crippen LogP contribution in [0.1, 0.15) is 31.1 Å². The molecule has 0 unspecified atom stereocenters. The van der Waals surface area contributed by atoms with Crippen LogP contribution in [0.15, 0.2) is 30.5 Å². The van der Waals surface area contributed by atoms with Crippen molar-refractivity contribution in [1.29, 1.82) is 0 Å². The summed E-state index contributed by atoms with van der Waals surface area (Å²) in [4.78, 5) is 15.3. The number of pyridine rings is 1. The van der Waals surface area contributed by atoms with Gasteiger partial charge in [0.2, 0.25) is 5.88 Å². The van der Waals surface area contributed by atoms with Crippen molar-refractivity contribution >= 4 is 16.7 Å². The van der Waals surface area contributed by atoms with Crippen molar-refractivity contribution in [2.45, 2.75) is 26.4 Å². The van der Waals surface area contributed by atoms with Crippen LogP contribution in [0, 0.1) is 0 Å². The molecular weight excluding hydrogens is 230 g/mol. The first-order chi connectivity index (χ1) is 8.38. The van der Waals surface area contributed by atoms with Crippen molar-refractivity contribution in [2.24, 2.45) is 0 Å². The van der Waals surface area contributed by atoms with Gasteiger partial charge in [-0.3, -0.25) is 0 Å². The topological polar surface area (TPSA) is 59.4 Å². The summed E-state index contributed by atoms with van der Waals surface area (Å²) in [6.07, 6.45) is 1.57. The van der Waals surface area contributed by atoms with Gasteiger partial charge in [-0.2, -0.15) is 0 Å². The quantitative estimate of drug-likeness (QED) is 0.883. The van der Waals surface area contributed by atoms with Gasteiger partial charge in [-0.15, -0.1) is 0 Å². The molecule has 1 heterocycles. The van der Waals surface area contributed by atoms with Gasteiger partial charge in [-0.05, 0) is 39.0 Å². The lowest BCUT2D eigenvalue weighted by Gasteiger charge is -2.21. The Balaban J connectivity index is 2.64. The van der Waals surface area contributed by atoms with Gasteiger partial charge in [-0.1, -0.05) is 6.07 Å². The highest BCUT2D eigenvalue weighted by Gasteiger charge is 2.16. The number of hydrogen-bond donors (Lipinski definition) is 1. The van der Waals surface area contributed by atoms with Crippen LogP contribution >= 0.6 is 0 Å². The number of carboxylic acid groups (broad SMARTS) is 1. The van der Waals surface area contributed by atoms with E-state index in [-0.39, 0.29) is 11.2 Å². The van der Waals surface area contributed by atoms with Crippen LogP contribution < -0.4 is 4.74 Å². The van der Waals surface area contributed by atoms with Gasteiger partial charge in [0, 0.05) is 17.0 Å². The third-order valence-electron chi connectivity index (χ3n) is 2.40. The highest BCUT2D eigenvalue weighted by molar-refractivity contribution is 6.04. The molecule has 0 atom stereocenters. The van der Waals surface area contributed by atoms with Gasteiger partial charge in [0.05, 0.1) is 5.56 Å². The van der Waals surface area contributed by atoms with E-state index in [1.165, 1.54) is 0 Å². The largest absolute Gasteiger partial charge is 0.478 e. The fraction of sp³-hybridized carbons (Fsp3) is 0.286. The fourth-order valence-electron chi connectivity index (χ4n) is 1.74. The van der Waals surface area contributed by atoms with Gasteiger partial charge < -0.3 is 9.84 Å². The minimum Gasteiger partial charge on any atom is -0.478 e. The van der Waals surface area contributed by atoms with Crippen LogP contribution in [0.2, 0.25) is 0 Å². The predicted octanol–water partition coefficient (Wildman–Crippen LogP) is 3.11. The van der Waals surface area contributed by atoms with E-state index in [0.717, 1.165) is 0 Å². The van der Waals surface area contributed by atoms with E-state index < -0.39 is 5.97 Å². The standard InChI is InChI=1S/C14H15NO3/c1-14(2,3)18-12-10-5-4-6-11(13(16)17)9(10)7-8-15-12/h4-8H,1-3H3,(H,16,17). The van der Waals surface area contributed by atoms with Crippen LogP contribution in [-0.4, -0.2) is 21.7 Å². The molecule has 0 radical (unpaired) electrons. The molecular formula is C14H15NO3. The maximum atomic E-state index is 11.2. The fourth-order valence-corrected chi connectivity index (χ4v) is 1.74. The number of hydrogen-bond acceptors (Lipinski definition) is 3. The predicted molar refractivity (Wildman–Crippen MR) is 69.1 cm³/mol. The van der Waals surface area contributed by atoms with Crippen molar-refractivity contribution in [3.05, 3.63) is 36.0 Å². The smallest absolute Gasteiger partial charge is 0.336 e. The molecule has 2 aromatic rings. The lowest BCUT2D eigenvalue weighted by molar-refractivity contribution is 0.0699. The van der Waals surface area contributed by atoms with E-state index in [1.807, 2.05) is 26.8 Å². The Morgan fingerprint density at radius 1 is 1.22 bits per heavy atom. The number of carboxylic acids is 1. The van der Waals surface area contributed by atoms with Gasteiger partial charge >= 0.3 is 5.97 Å². The number of benzene rings is 1. The van der Waals surface area contributed by atoms with E-state index in [4.69, 9.17) is 9.84 Å².